The first kappa shape index (κ1) is 21.9. The van der Waals surface area contributed by atoms with Gasteiger partial charge in [-0.3, -0.25) is 4.79 Å². The zero-order chi connectivity index (χ0) is 21.6. The molecule has 3 aromatic rings. The summed E-state index contributed by atoms with van der Waals surface area (Å²) in [5.74, 6) is 0.0771. The molecule has 1 aliphatic heterocycles. The van der Waals surface area contributed by atoms with Crippen molar-refractivity contribution in [2.45, 2.75) is 0 Å². The van der Waals surface area contributed by atoms with Crippen LogP contribution in [0.25, 0.3) is 0 Å². The third kappa shape index (κ3) is 4.22. The molecule has 11 heteroatoms. The summed E-state index contributed by atoms with van der Waals surface area (Å²) < 4.78 is 38.2. The lowest BCUT2D eigenvalue weighted by atomic mass is 10.2. The summed E-state index contributed by atoms with van der Waals surface area (Å²) in [7, 11) is -4.41. The summed E-state index contributed by atoms with van der Waals surface area (Å²) in [6.45, 7) is 0. The topological polar surface area (TPSA) is 72.9 Å². The third-order valence-electron chi connectivity index (χ3n) is 4.03. The van der Waals surface area contributed by atoms with Gasteiger partial charge in [0.2, 0.25) is 0 Å². The van der Waals surface area contributed by atoms with E-state index >= 15 is 0 Å². The highest BCUT2D eigenvalue weighted by molar-refractivity contribution is 14.1. The Morgan fingerprint density at radius 1 is 0.967 bits per heavy atom. The van der Waals surface area contributed by atoms with Crippen molar-refractivity contribution in [3.05, 3.63) is 77.3 Å². The number of hydrogen-bond donors (Lipinski definition) is 0. The maximum Gasteiger partial charge on any atom is 0.417 e. The van der Waals surface area contributed by atoms with Gasteiger partial charge in [-0.05, 0) is 99.8 Å². The minimum Gasteiger partial charge on any atom is -0.456 e. The highest BCUT2D eigenvalue weighted by Crippen LogP contribution is 2.39. The Balaban J connectivity index is 1.71. The molecule has 6 nitrogen and oxygen atoms in total. The number of halogens is 4. The lowest BCUT2D eigenvalue weighted by Gasteiger charge is -2.28. The van der Waals surface area contributed by atoms with Crippen LogP contribution >= 0.6 is 68.4 Å². The molecule has 0 saturated heterocycles. The average Bonchev–Trinajstić information content (AvgIpc) is 2.66. The fourth-order valence-electron chi connectivity index (χ4n) is 2.73. The first-order valence-electron chi connectivity index (χ1n) is 8.17. The number of rotatable bonds is 3. The monoisotopic (exact) mass is 687 g/mol. The lowest BCUT2D eigenvalue weighted by Crippen LogP contribution is -2.43. The molecule has 0 fully saturated rings. The first-order valence-corrected chi connectivity index (χ1v) is 12.4. The van der Waals surface area contributed by atoms with E-state index in [1.807, 2.05) is 45.2 Å². The van der Waals surface area contributed by atoms with Crippen molar-refractivity contribution in [1.29, 1.82) is 0 Å². The fourth-order valence-corrected chi connectivity index (χ4v) is 6.31. The Kier molecular flexibility index (Phi) is 6.10. The molecule has 0 unspecified atom stereocenters. The molecule has 0 aliphatic carbocycles. The predicted octanol–water partition coefficient (Wildman–Crippen LogP) is 6.28. The van der Waals surface area contributed by atoms with Gasteiger partial charge in [0.25, 0.3) is 5.91 Å². The Labute approximate surface area is 209 Å². The molecule has 154 valence electrons. The summed E-state index contributed by atoms with van der Waals surface area (Å²) in [4.78, 5) is 13.0. The van der Waals surface area contributed by atoms with E-state index in [9.17, 15) is 13.2 Å². The molecule has 1 amide bonds. The second-order valence-corrected chi connectivity index (χ2v) is 10.7. The van der Waals surface area contributed by atoms with Gasteiger partial charge in [-0.2, -0.15) is 12.7 Å². The van der Waals surface area contributed by atoms with Crippen molar-refractivity contribution in [3.8, 4) is 17.2 Å². The van der Waals surface area contributed by atoms with Gasteiger partial charge in [0.05, 0.1) is 19.8 Å². The molecule has 1 heterocycles. The van der Waals surface area contributed by atoms with Crippen LogP contribution < -0.4 is 13.2 Å². The van der Waals surface area contributed by atoms with Crippen LogP contribution in [-0.4, -0.2) is 14.3 Å². The zero-order valence-electron chi connectivity index (χ0n) is 14.6. The largest absolute Gasteiger partial charge is 0.456 e. The van der Waals surface area contributed by atoms with Gasteiger partial charge in [0.15, 0.2) is 5.75 Å². The van der Waals surface area contributed by atoms with Crippen LogP contribution in [0.5, 0.6) is 17.2 Å². The second-order valence-electron chi connectivity index (χ2n) is 6.05. The Bertz CT molecular complexity index is 1280. The fraction of sp³-hybridized carbons (Fsp3) is 0. The maximum atomic E-state index is 13.0. The van der Waals surface area contributed by atoms with E-state index in [0.717, 1.165) is 3.57 Å². The van der Waals surface area contributed by atoms with Crippen LogP contribution in [0.1, 0.15) is 10.4 Å². The quantitative estimate of drug-likeness (QED) is 0.303. The normalized spacial score (nSPS) is 14.8. The van der Waals surface area contributed by atoms with E-state index in [1.165, 1.54) is 18.2 Å². The average molecular weight is 688 g/mol. The van der Waals surface area contributed by atoms with Crippen molar-refractivity contribution in [1.82, 2.24) is 0 Å². The van der Waals surface area contributed by atoms with E-state index in [2.05, 4.69) is 0 Å². The number of ether oxygens (including phenoxy) is 1. The number of carbonyl (C=O) groups excluding carboxylic acids is 1. The van der Waals surface area contributed by atoms with E-state index in [1.54, 1.807) is 36.4 Å². The second kappa shape index (κ2) is 8.34. The molecule has 1 aliphatic rings. The summed E-state index contributed by atoms with van der Waals surface area (Å²) in [6.07, 6.45) is 0. The molecule has 3 aromatic carbocycles. The Morgan fingerprint density at radius 2 is 1.67 bits per heavy atom. The van der Waals surface area contributed by atoms with E-state index in [-0.39, 0.29) is 27.8 Å². The summed E-state index contributed by atoms with van der Waals surface area (Å²) in [6, 6.07) is 14.2. The highest BCUT2D eigenvalue weighted by Gasteiger charge is 2.40. The van der Waals surface area contributed by atoms with Crippen LogP contribution in [0.4, 0.5) is 5.69 Å². The van der Waals surface area contributed by atoms with Crippen molar-refractivity contribution in [3.63, 3.8) is 0 Å². The van der Waals surface area contributed by atoms with Crippen LogP contribution in [0.3, 0.4) is 0 Å². The number of carbonyl (C=O) groups is 1. The smallest absolute Gasteiger partial charge is 0.417 e. The number of hydrogen-bond acceptors (Lipinski definition) is 5. The minimum absolute atomic E-state index is 0.0195. The molecule has 0 saturated carbocycles. The molecular weight excluding hydrogens is 679 g/mol. The van der Waals surface area contributed by atoms with Crippen molar-refractivity contribution < 1.29 is 22.1 Å². The van der Waals surface area contributed by atoms with Gasteiger partial charge in [0, 0.05) is 8.59 Å². The van der Waals surface area contributed by atoms with E-state index in [4.69, 9.17) is 32.1 Å². The van der Waals surface area contributed by atoms with Gasteiger partial charge >= 0.3 is 10.3 Å². The number of nitrogens with zero attached hydrogens (tertiary/aromatic N) is 1. The van der Waals surface area contributed by atoms with E-state index < -0.39 is 16.2 Å². The van der Waals surface area contributed by atoms with Crippen LogP contribution in [0.15, 0.2) is 54.6 Å². The third-order valence-corrected chi connectivity index (χ3v) is 7.20. The summed E-state index contributed by atoms with van der Waals surface area (Å²) >= 11 is 16.1. The van der Waals surface area contributed by atoms with Crippen molar-refractivity contribution in [2.24, 2.45) is 0 Å². The highest BCUT2D eigenvalue weighted by atomic mass is 127. The lowest BCUT2D eigenvalue weighted by molar-refractivity contribution is 0.0996. The molecule has 4 rings (SSSR count). The van der Waals surface area contributed by atoms with Crippen LogP contribution in [0, 0.1) is 7.14 Å². The van der Waals surface area contributed by atoms with Crippen molar-refractivity contribution in [2.75, 3.05) is 4.31 Å². The molecule has 0 N–H and O–H groups in total. The Hall–Kier alpha value is -1.28. The van der Waals surface area contributed by atoms with Gasteiger partial charge in [-0.15, -0.1) is 0 Å². The molecular formula is C19H9Cl2I2NO5S. The summed E-state index contributed by atoms with van der Waals surface area (Å²) in [5.41, 5.74) is 0.187. The van der Waals surface area contributed by atoms with Crippen LogP contribution in [-0.2, 0) is 10.3 Å². The van der Waals surface area contributed by atoms with Gasteiger partial charge in [0.1, 0.15) is 11.5 Å². The molecule has 0 atom stereocenters. The van der Waals surface area contributed by atoms with Crippen molar-refractivity contribution >= 4 is 90.3 Å². The number of anilines is 1. The molecule has 30 heavy (non-hydrogen) atoms. The molecule has 0 aromatic heterocycles. The van der Waals surface area contributed by atoms with Gasteiger partial charge in [-0.25, -0.2) is 0 Å². The molecule has 0 spiro atoms. The predicted molar refractivity (Wildman–Crippen MR) is 131 cm³/mol. The standard InChI is InChI=1S/C19H9Cl2I2NO5S/c20-10-1-4-13(5-2-10)28-17-6-3-12(9-15(17)21)24-19(25)14-7-11(22)8-16(23)18(14)29-30(24,26)27/h1-9H. The number of benzene rings is 3. The first-order chi connectivity index (χ1) is 14.2. The van der Waals surface area contributed by atoms with E-state index in [0.29, 0.717) is 18.6 Å². The SMILES string of the molecule is O=C1c2cc(I)cc(I)c2OS(=O)(=O)N1c1ccc(Oc2ccc(Cl)cc2)c(Cl)c1. The minimum atomic E-state index is -4.41. The molecule has 0 radical (unpaired) electrons. The van der Waals surface area contributed by atoms with Gasteiger partial charge < -0.3 is 8.92 Å². The summed E-state index contributed by atoms with van der Waals surface area (Å²) in [5, 5.41) is 0.677. The number of amides is 1. The Morgan fingerprint density at radius 3 is 2.33 bits per heavy atom. The van der Waals surface area contributed by atoms with Crippen LogP contribution in [0.2, 0.25) is 10.0 Å². The van der Waals surface area contributed by atoms with Gasteiger partial charge in [-0.1, -0.05) is 23.2 Å². The zero-order valence-corrected chi connectivity index (χ0v) is 21.2. The maximum absolute atomic E-state index is 13.0. The molecule has 0 bridgehead atoms. The number of fused-ring (bicyclic) bond motifs is 1.